The average molecular weight is 530 g/mol. The Labute approximate surface area is 217 Å². The maximum absolute atomic E-state index is 13.7. The minimum atomic E-state index is -1.34. The summed E-state index contributed by atoms with van der Waals surface area (Å²) in [5.74, 6) is 0.261. The molecule has 1 aromatic carbocycles. The van der Waals surface area contributed by atoms with Gasteiger partial charge in [0.2, 0.25) is 0 Å². The molecule has 1 N–H and O–H groups in total. The van der Waals surface area contributed by atoms with Crippen molar-refractivity contribution < 1.29 is 37.5 Å². The second-order valence-corrected chi connectivity index (χ2v) is 13.5. The maximum Gasteiger partial charge on any atom is 0.265 e. The minimum absolute atomic E-state index is 0. The Morgan fingerprint density at radius 3 is 1.70 bits per heavy atom. The molecule has 1 atom stereocenters. The molecule has 1 rings (SSSR count). The quantitative estimate of drug-likeness (QED) is 0.241. The van der Waals surface area contributed by atoms with Crippen molar-refractivity contribution in [2.24, 2.45) is 0 Å². The number of anilines is 1. The number of carbonyl (C=O) groups is 1. The first-order valence-electron chi connectivity index (χ1n) is 11.8. The fourth-order valence-corrected chi connectivity index (χ4v) is 10.6. The minimum Gasteiger partial charge on any atom is -0.322 e. The van der Waals surface area contributed by atoms with E-state index in [1.807, 2.05) is 26.0 Å². The van der Waals surface area contributed by atoms with Gasteiger partial charge in [-0.25, -0.2) is 0 Å². The summed E-state index contributed by atoms with van der Waals surface area (Å²) in [6, 6.07) is 3.90. The average Bonchev–Trinajstić information content (AvgIpc) is 2.68. The molecule has 5 heteroatoms. The molecular weight excluding hydrogens is 486 g/mol. The molecule has 0 aliphatic rings. The van der Waals surface area contributed by atoms with E-state index in [1.54, 1.807) is 0 Å². The van der Waals surface area contributed by atoms with Crippen molar-refractivity contribution in [2.45, 2.75) is 98.6 Å². The van der Waals surface area contributed by atoms with Crippen molar-refractivity contribution in [1.82, 2.24) is 0 Å². The van der Waals surface area contributed by atoms with Gasteiger partial charge in [-0.05, 0) is 62.8 Å². The van der Waals surface area contributed by atoms with Crippen molar-refractivity contribution in [3.05, 3.63) is 28.3 Å². The first-order valence-corrected chi connectivity index (χ1v) is 14.6. The molecule has 0 saturated heterocycles. The van der Waals surface area contributed by atoms with Gasteiger partial charge in [0, 0.05) is 50.7 Å². The molecule has 0 aromatic heterocycles. The summed E-state index contributed by atoms with van der Waals surface area (Å²) >= 11 is 6.21. The smallest absolute Gasteiger partial charge is 0.265 e. The van der Waals surface area contributed by atoms with Crippen LogP contribution in [0.5, 0.6) is 0 Å². The van der Waals surface area contributed by atoms with Gasteiger partial charge in [-0.15, -0.1) is 0 Å². The van der Waals surface area contributed by atoms with E-state index in [0.29, 0.717) is 0 Å². The van der Waals surface area contributed by atoms with E-state index < -0.39 is 7.26 Å². The van der Waals surface area contributed by atoms with Gasteiger partial charge in [0.25, 0.3) is 5.91 Å². The van der Waals surface area contributed by atoms with E-state index in [-0.39, 0.29) is 44.3 Å². The molecule has 1 amide bonds. The van der Waals surface area contributed by atoms with E-state index in [0.717, 1.165) is 34.7 Å². The summed E-state index contributed by atoms with van der Waals surface area (Å²) in [6.07, 6.45) is 13.3. The standard InChI is InChI=1S/C25H43ClNOP.Y/c1-7-11-15-29(16-12-8-2,17-13-9-3)23(14-10-4)25(28)27-24-20(5)18-22(26)19-21(24)6;/h18-19,23H,7-17H2,1-6H3;/p+1. The fraction of sp³-hybridized carbons (Fsp3) is 0.720. The zero-order valence-electron chi connectivity index (χ0n) is 20.3. The van der Waals surface area contributed by atoms with Crippen molar-refractivity contribution >= 4 is 30.5 Å². The Kier molecular flexibility index (Phi) is 16.5. The fourth-order valence-electron chi connectivity index (χ4n) is 4.46. The Balaban J connectivity index is 0.00000841. The van der Waals surface area contributed by atoms with Gasteiger partial charge in [0.1, 0.15) is 5.66 Å². The van der Waals surface area contributed by atoms with Crippen LogP contribution in [0.15, 0.2) is 12.1 Å². The second-order valence-electron chi connectivity index (χ2n) is 8.66. The number of amides is 1. The molecule has 30 heavy (non-hydrogen) atoms. The third kappa shape index (κ3) is 9.17. The molecule has 0 aliphatic heterocycles. The van der Waals surface area contributed by atoms with E-state index in [1.165, 1.54) is 57.0 Å². The predicted molar refractivity (Wildman–Crippen MR) is 134 cm³/mol. The summed E-state index contributed by atoms with van der Waals surface area (Å²) in [6.45, 7) is 13.2. The molecule has 0 bridgehead atoms. The normalized spacial score (nSPS) is 12.4. The first-order chi connectivity index (χ1) is 13.8. The summed E-state index contributed by atoms with van der Waals surface area (Å²) in [7, 11) is -1.34. The van der Waals surface area contributed by atoms with Crippen molar-refractivity contribution in [3.8, 4) is 0 Å². The van der Waals surface area contributed by atoms with Crippen molar-refractivity contribution in [2.75, 3.05) is 23.8 Å². The van der Waals surface area contributed by atoms with Gasteiger partial charge in [0.15, 0.2) is 0 Å². The van der Waals surface area contributed by atoms with E-state index >= 15 is 0 Å². The van der Waals surface area contributed by atoms with Crippen molar-refractivity contribution in [1.29, 1.82) is 0 Å². The van der Waals surface area contributed by atoms with Gasteiger partial charge in [-0.2, -0.15) is 0 Å². The monoisotopic (exact) mass is 529 g/mol. The number of hydrogen-bond donors (Lipinski definition) is 1. The topological polar surface area (TPSA) is 29.1 Å². The largest absolute Gasteiger partial charge is 0.322 e. The van der Waals surface area contributed by atoms with E-state index in [4.69, 9.17) is 11.6 Å². The van der Waals surface area contributed by atoms with E-state index in [2.05, 4.69) is 33.0 Å². The molecule has 1 unspecified atom stereocenters. The van der Waals surface area contributed by atoms with Gasteiger partial charge in [0.05, 0.1) is 18.5 Å². The van der Waals surface area contributed by atoms with Crippen molar-refractivity contribution in [3.63, 3.8) is 0 Å². The Hall–Kier alpha value is 0.514. The van der Waals surface area contributed by atoms with Gasteiger partial charge in [-0.3, -0.25) is 4.79 Å². The molecule has 0 heterocycles. The molecule has 1 radical (unpaired) electrons. The molecule has 0 spiro atoms. The third-order valence-electron chi connectivity index (χ3n) is 6.14. The summed E-state index contributed by atoms with van der Waals surface area (Å²) in [5, 5.41) is 4.09. The van der Waals surface area contributed by atoms with Crippen LogP contribution in [-0.4, -0.2) is 30.1 Å². The number of carbonyl (C=O) groups excluding carboxylic acids is 1. The van der Waals surface area contributed by atoms with Crippen LogP contribution in [0.4, 0.5) is 5.69 Å². The predicted octanol–water partition coefficient (Wildman–Crippen LogP) is 8.48. The molecule has 0 fully saturated rings. The van der Waals surface area contributed by atoms with Crippen LogP contribution in [0.25, 0.3) is 0 Å². The molecule has 0 saturated carbocycles. The molecular formula is C25H44ClNOPY+. The van der Waals surface area contributed by atoms with Crippen LogP contribution in [0.3, 0.4) is 0 Å². The number of rotatable bonds is 14. The van der Waals surface area contributed by atoms with Crippen LogP contribution in [0.1, 0.15) is 90.2 Å². The maximum atomic E-state index is 13.7. The number of unbranched alkanes of at least 4 members (excludes halogenated alkanes) is 3. The molecule has 169 valence electrons. The summed E-state index contributed by atoms with van der Waals surface area (Å²) in [5.41, 5.74) is 3.25. The van der Waals surface area contributed by atoms with Gasteiger partial charge < -0.3 is 5.32 Å². The van der Waals surface area contributed by atoms with Crippen LogP contribution < -0.4 is 5.32 Å². The molecule has 0 aliphatic carbocycles. The Bertz CT molecular complexity index is 593. The summed E-state index contributed by atoms with van der Waals surface area (Å²) in [4.78, 5) is 13.7. The number of benzene rings is 1. The van der Waals surface area contributed by atoms with Crippen LogP contribution in [0.2, 0.25) is 5.02 Å². The second kappa shape index (κ2) is 16.2. The number of hydrogen-bond acceptors (Lipinski definition) is 1. The third-order valence-corrected chi connectivity index (χ3v) is 11.8. The summed E-state index contributed by atoms with van der Waals surface area (Å²) < 4.78 is 0. The zero-order valence-corrected chi connectivity index (χ0v) is 24.8. The Morgan fingerprint density at radius 2 is 1.33 bits per heavy atom. The molecule has 1 aromatic rings. The zero-order chi connectivity index (χ0) is 21.9. The van der Waals surface area contributed by atoms with Crippen LogP contribution >= 0.6 is 18.9 Å². The number of halogens is 1. The first kappa shape index (κ1) is 30.5. The number of aryl methyl sites for hydroxylation is 2. The van der Waals surface area contributed by atoms with Crippen LogP contribution in [-0.2, 0) is 37.5 Å². The van der Waals surface area contributed by atoms with Crippen LogP contribution in [0, 0.1) is 13.8 Å². The van der Waals surface area contributed by atoms with Gasteiger partial charge in [-0.1, -0.05) is 65.0 Å². The van der Waals surface area contributed by atoms with E-state index in [9.17, 15) is 4.79 Å². The number of nitrogens with one attached hydrogen (secondary N) is 1. The SMILES string of the molecule is CCCC[P+](CCCC)(CCCC)C(CCC)C(=O)Nc1c(C)cc(Cl)cc1C.[Y]. The Morgan fingerprint density at radius 1 is 0.900 bits per heavy atom. The molecule has 2 nitrogen and oxygen atoms in total. The van der Waals surface area contributed by atoms with Gasteiger partial charge >= 0.3 is 0 Å².